The summed E-state index contributed by atoms with van der Waals surface area (Å²) >= 11 is 0. The van der Waals surface area contributed by atoms with Crippen LogP contribution < -0.4 is 15.9 Å². The van der Waals surface area contributed by atoms with Gasteiger partial charge in [0.05, 0.1) is 25.9 Å². The SMILES string of the molecule is CCOc1ccc(C(CN)NN2CCOCC2)cc1. The van der Waals surface area contributed by atoms with Crippen molar-refractivity contribution in [1.29, 1.82) is 0 Å². The van der Waals surface area contributed by atoms with Crippen LogP contribution in [0.5, 0.6) is 5.75 Å². The van der Waals surface area contributed by atoms with Crippen LogP contribution in [-0.4, -0.2) is 44.5 Å². The standard InChI is InChI=1S/C14H23N3O2/c1-2-19-13-5-3-12(4-6-13)14(11-15)16-17-7-9-18-10-8-17/h3-6,14,16H,2,7-11,15H2,1H3. The molecule has 3 N–H and O–H groups in total. The van der Waals surface area contributed by atoms with E-state index in [4.69, 9.17) is 15.2 Å². The first-order valence-corrected chi connectivity index (χ1v) is 6.85. The summed E-state index contributed by atoms with van der Waals surface area (Å²) in [5, 5.41) is 2.18. The zero-order chi connectivity index (χ0) is 13.5. The molecule has 106 valence electrons. The summed E-state index contributed by atoms with van der Waals surface area (Å²) in [6, 6.07) is 8.24. The number of nitrogens with one attached hydrogen (secondary N) is 1. The maximum atomic E-state index is 5.87. The van der Waals surface area contributed by atoms with E-state index in [9.17, 15) is 0 Å². The van der Waals surface area contributed by atoms with Crippen molar-refractivity contribution in [1.82, 2.24) is 10.4 Å². The van der Waals surface area contributed by atoms with Crippen LogP contribution in [0.1, 0.15) is 18.5 Å². The van der Waals surface area contributed by atoms with Crippen molar-refractivity contribution in [3.63, 3.8) is 0 Å². The lowest BCUT2D eigenvalue weighted by atomic mass is 10.1. The molecule has 1 aliphatic rings. The second-order valence-corrected chi connectivity index (χ2v) is 4.52. The average molecular weight is 265 g/mol. The molecule has 1 aromatic rings. The zero-order valence-electron chi connectivity index (χ0n) is 11.5. The highest BCUT2D eigenvalue weighted by Gasteiger charge is 2.16. The van der Waals surface area contributed by atoms with Crippen LogP contribution in [0.2, 0.25) is 0 Å². The number of morpholine rings is 1. The number of hydrogen-bond donors (Lipinski definition) is 2. The van der Waals surface area contributed by atoms with Gasteiger partial charge in [-0.3, -0.25) is 0 Å². The Kier molecular flexibility index (Phi) is 5.60. The van der Waals surface area contributed by atoms with E-state index in [1.807, 2.05) is 19.1 Å². The monoisotopic (exact) mass is 265 g/mol. The van der Waals surface area contributed by atoms with Gasteiger partial charge in [0.25, 0.3) is 0 Å². The van der Waals surface area contributed by atoms with Crippen LogP contribution in [-0.2, 0) is 4.74 Å². The maximum absolute atomic E-state index is 5.87. The molecular formula is C14H23N3O2. The van der Waals surface area contributed by atoms with E-state index in [0.717, 1.165) is 32.1 Å². The Hall–Kier alpha value is -1.14. The predicted molar refractivity (Wildman–Crippen MR) is 74.9 cm³/mol. The predicted octanol–water partition coefficient (Wildman–Crippen LogP) is 0.922. The molecule has 1 aliphatic heterocycles. The van der Waals surface area contributed by atoms with Crippen molar-refractivity contribution in [2.75, 3.05) is 39.5 Å². The van der Waals surface area contributed by atoms with Gasteiger partial charge in [0, 0.05) is 19.6 Å². The lowest BCUT2D eigenvalue weighted by Gasteiger charge is -2.31. The summed E-state index contributed by atoms with van der Waals surface area (Å²) in [5.74, 6) is 0.897. The van der Waals surface area contributed by atoms with E-state index in [1.54, 1.807) is 0 Å². The highest BCUT2D eigenvalue weighted by atomic mass is 16.5. The lowest BCUT2D eigenvalue weighted by Crippen LogP contribution is -2.48. The third-order valence-corrected chi connectivity index (χ3v) is 3.18. The van der Waals surface area contributed by atoms with Gasteiger partial charge in [0.15, 0.2) is 0 Å². The Morgan fingerprint density at radius 3 is 2.58 bits per heavy atom. The van der Waals surface area contributed by atoms with E-state index in [0.29, 0.717) is 13.2 Å². The van der Waals surface area contributed by atoms with Crippen molar-refractivity contribution in [3.05, 3.63) is 29.8 Å². The molecule has 1 unspecified atom stereocenters. The molecule has 1 atom stereocenters. The minimum atomic E-state index is 0.133. The minimum absolute atomic E-state index is 0.133. The molecule has 0 radical (unpaired) electrons. The smallest absolute Gasteiger partial charge is 0.119 e. The number of rotatable bonds is 6. The van der Waals surface area contributed by atoms with E-state index in [1.165, 1.54) is 5.56 Å². The van der Waals surface area contributed by atoms with Crippen molar-refractivity contribution < 1.29 is 9.47 Å². The number of benzene rings is 1. The summed E-state index contributed by atoms with van der Waals surface area (Å²) in [6.07, 6.45) is 0. The first-order chi connectivity index (χ1) is 9.33. The van der Waals surface area contributed by atoms with Crippen molar-refractivity contribution in [3.8, 4) is 5.75 Å². The first kappa shape index (κ1) is 14.3. The highest BCUT2D eigenvalue weighted by Crippen LogP contribution is 2.18. The molecule has 0 aromatic heterocycles. The number of ether oxygens (including phenoxy) is 2. The third-order valence-electron chi connectivity index (χ3n) is 3.18. The fraction of sp³-hybridized carbons (Fsp3) is 0.571. The molecule has 0 aliphatic carbocycles. The lowest BCUT2D eigenvalue weighted by molar-refractivity contribution is 0.00404. The van der Waals surface area contributed by atoms with Crippen LogP contribution >= 0.6 is 0 Å². The fourth-order valence-corrected chi connectivity index (χ4v) is 2.14. The number of nitrogens with zero attached hydrogens (tertiary/aromatic N) is 1. The molecule has 1 aromatic carbocycles. The second kappa shape index (κ2) is 7.45. The van der Waals surface area contributed by atoms with Crippen LogP contribution in [0.4, 0.5) is 0 Å². The molecule has 0 saturated carbocycles. The molecule has 2 rings (SSSR count). The van der Waals surface area contributed by atoms with Crippen molar-refractivity contribution in [2.24, 2.45) is 5.73 Å². The summed E-state index contributed by atoms with van der Waals surface area (Å²) in [5.41, 5.74) is 10.5. The molecule has 0 spiro atoms. The number of hydrazine groups is 1. The van der Waals surface area contributed by atoms with Gasteiger partial charge in [0.1, 0.15) is 5.75 Å². The van der Waals surface area contributed by atoms with Gasteiger partial charge in [-0.05, 0) is 24.6 Å². The van der Waals surface area contributed by atoms with Crippen molar-refractivity contribution in [2.45, 2.75) is 13.0 Å². The normalized spacial score (nSPS) is 18.2. The molecule has 0 amide bonds. The maximum Gasteiger partial charge on any atom is 0.119 e. The van der Waals surface area contributed by atoms with Gasteiger partial charge < -0.3 is 15.2 Å². The van der Waals surface area contributed by atoms with Gasteiger partial charge in [-0.2, -0.15) is 0 Å². The van der Waals surface area contributed by atoms with Crippen LogP contribution in [0.25, 0.3) is 0 Å². The number of nitrogens with two attached hydrogens (primary N) is 1. The molecule has 1 fully saturated rings. The van der Waals surface area contributed by atoms with Crippen LogP contribution in [0, 0.1) is 0 Å². The largest absolute Gasteiger partial charge is 0.494 e. The summed E-state index contributed by atoms with van der Waals surface area (Å²) in [7, 11) is 0. The van der Waals surface area contributed by atoms with Crippen LogP contribution in [0.15, 0.2) is 24.3 Å². The van der Waals surface area contributed by atoms with Gasteiger partial charge in [0.2, 0.25) is 0 Å². The molecule has 5 nitrogen and oxygen atoms in total. The molecule has 5 heteroatoms. The van der Waals surface area contributed by atoms with Gasteiger partial charge in [-0.15, -0.1) is 0 Å². The average Bonchev–Trinajstić information content (AvgIpc) is 2.47. The van der Waals surface area contributed by atoms with E-state index >= 15 is 0 Å². The van der Waals surface area contributed by atoms with E-state index in [-0.39, 0.29) is 6.04 Å². The fourth-order valence-electron chi connectivity index (χ4n) is 2.14. The Morgan fingerprint density at radius 2 is 2.00 bits per heavy atom. The van der Waals surface area contributed by atoms with Gasteiger partial charge in [-0.25, -0.2) is 10.4 Å². The van der Waals surface area contributed by atoms with E-state index in [2.05, 4.69) is 22.6 Å². The Labute approximate surface area is 114 Å². The minimum Gasteiger partial charge on any atom is -0.494 e. The van der Waals surface area contributed by atoms with Gasteiger partial charge in [-0.1, -0.05) is 12.1 Å². The topological polar surface area (TPSA) is 59.8 Å². The highest BCUT2D eigenvalue weighted by molar-refractivity contribution is 5.29. The molecule has 19 heavy (non-hydrogen) atoms. The summed E-state index contributed by atoms with van der Waals surface area (Å²) < 4.78 is 10.8. The number of hydrogen-bond acceptors (Lipinski definition) is 5. The Balaban J connectivity index is 1.95. The summed E-state index contributed by atoms with van der Waals surface area (Å²) in [6.45, 7) is 6.57. The Bertz CT molecular complexity index is 363. The quantitative estimate of drug-likeness (QED) is 0.801. The molecular weight excluding hydrogens is 242 g/mol. The first-order valence-electron chi connectivity index (χ1n) is 6.85. The molecule has 0 bridgehead atoms. The molecule has 1 heterocycles. The summed E-state index contributed by atoms with van der Waals surface area (Å²) in [4.78, 5) is 0. The zero-order valence-corrected chi connectivity index (χ0v) is 11.5. The van der Waals surface area contributed by atoms with Gasteiger partial charge >= 0.3 is 0 Å². The van der Waals surface area contributed by atoms with Crippen LogP contribution in [0.3, 0.4) is 0 Å². The Morgan fingerprint density at radius 1 is 1.32 bits per heavy atom. The second-order valence-electron chi connectivity index (χ2n) is 4.52. The molecule has 1 saturated heterocycles. The van der Waals surface area contributed by atoms with Crippen molar-refractivity contribution >= 4 is 0 Å². The van der Waals surface area contributed by atoms with E-state index < -0.39 is 0 Å². The third kappa shape index (κ3) is 4.18.